The molecule has 0 fully saturated rings. The predicted molar refractivity (Wildman–Crippen MR) is 107 cm³/mol. The number of nitrogens with one attached hydrogen (secondary N) is 1. The second-order valence-electron chi connectivity index (χ2n) is 6.26. The van der Waals surface area contributed by atoms with Gasteiger partial charge in [-0.2, -0.15) is 13.2 Å². The lowest BCUT2D eigenvalue weighted by Crippen LogP contribution is -2.33. The number of hydrogen-bond donors (Lipinski definition) is 1. The third-order valence-corrected chi connectivity index (χ3v) is 6.08. The van der Waals surface area contributed by atoms with Gasteiger partial charge in [-0.1, -0.05) is 40.0 Å². The number of carbonyl (C=O) groups is 1. The van der Waals surface area contributed by atoms with Gasteiger partial charge in [0.25, 0.3) is 15.9 Å². The minimum absolute atomic E-state index is 0.137. The Morgan fingerprint density at radius 3 is 2.34 bits per heavy atom. The predicted octanol–water partition coefficient (Wildman–Crippen LogP) is 4.81. The molecule has 0 saturated heterocycles. The number of alkyl halides is 3. The molecule has 0 spiro atoms. The van der Waals surface area contributed by atoms with Gasteiger partial charge in [0.2, 0.25) is 0 Å². The molecule has 0 saturated carbocycles. The Balaban J connectivity index is 2.12. The molecule has 170 valence electrons. The molecule has 1 aromatic heterocycles. The topological polar surface area (TPSA) is 93.9 Å². The largest absolute Gasteiger partial charge is 0.435 e. The molecule has 3 rings (SSSR count). The molecular weight excluding hydrogens is 523 g/mol. The van der Waals surface area contributed by atoms with Crippen LogP contribution < -0.4 is 4.72 Å². The van der Waals surface area contributed by atoms with Gasteiger partial charge in [-0.25, -0.2) is 22.2 Å². The number of nitrogens with zero attached hydrogens (tertiary/aromatic N) is 3. The second-order valence-corrected chi connectivity index (χ2v) is 9.19. The highest BCUT2D eigenvalue weighted by Gasteiger charge is 2.43. The average Bonchev–Trinajstić information content (AvgIpc) is 3.07. The van der Waals surface area contributed by atoms with Crippen LogP contribution in [0.5, 0.6) is 0 Å². The first-order valence-corrected chi connectivity index (χ1v) is 10.8. The summed E-state index contributed by atoms with van der Waals surface area (Å²) in [7, 11) is -4.95. The molecule has 0 atom stereocenters. The number of amides is 1. The number of sulfonamides is 1. The van der Waals surface area contributed by atoms with Crippen molar-refractivity contribution in [3.8, 4) is 5.69 Å². The number of carbonyl (C=O) groups excluding carboxylic acids is 1. The number of aromatic nitrogens is 3. The number of rotatable bonds is 4. The summed E-state index contributed by atoms with van der Waals surface area (Å²) in [6.45, 7) is 1.39. The van der Waals surface area contributed by atoms with Crippen LogP contribution in [-0.4, -0.2) is 29.3 Å². The Bertz CT molecular complexity index is 1320. The van der Waals surface area contributed by atoms with Crippen molar-refractivity contribution in [1.82, 2.24) is 19.7 Å². The molecule has 0 aliphatic carbocycles. The standard InChI is InChI=1S/C17H9Cl3F4N4O3S/c1-7-4-9(19)5-10(20)14(7)28-15(17(22,23)24)13(25-27-28)16(29)26-32(30,31)12-6-8(18)2-3-11(12)21/h2-6H,1H3,(H,26,29). The second kappa shape index (κ2) is 8.50. The van der Waals surface area contributed by atoms with E-state index in [0.717, 1.165) is 12.1 Å². The maximum atomic E-state index is 13.9. The molecule has 1 amide bonds. The molecule has 0 radical (unpaired) electrons. The van der Waals surface area contributed by atoms with Gasteiger partial charge in [0.1, 0.15) is 10.7 Å². The zero-order chi connectivity index (χ0) is 24.0. The molecule has 3 aromatic rings. The van der Waals surface area contributed by atoms with Crippen LogP contribution in [0.2, 0.25) is 15.1 Å². The van der Waals surface area contributed by atoms with Crippen LogP contribution in [0.4, 0.5) is 17.6 Å². The number of halogens is 7. The zero-order valence-corrected chi connectivity index (χ0v) is 18.6. The maximum absolute atomic E-state index is 13.9. The molecule has 2 aromatic carbocycles. The lowest BCUT2D eigenvalue weighted by atomic mass is 10.2. The van der Waals surface area contributed by atoms with Crippen LogP contribution in [0.1, 0.15) is 21.7 Å². The fourth-order valence-electron chi connectivity index (χ4n) is 2.72. The molecule has 0 aliphatic heterocycles. The van der Waals surface area contributed by atoms with Gasteiger partial charge in [-0.05, 0) is 42.8 Å². The Labute approximate surface area is 192 Å². The summed E-state index contributed by atoms with van der Waals surface area (Å²) in [6.07, 6.45) is -5.21. The van der Waals surface area contributed by atoms with Gasteiger partial charge in [0.15, 0.2) is 11.4 Å². The first-order valence-electron chi connectivity index (χ1n) is 8.23. The minimum Gasteiger partial charge on any atom is -0.266 e. The summed E-state index contributed by atoms with van der Waals surface area (Å²) in [5.74, 6) is -3.08. The molecule has 15 heteroatoms. The Morgan fingerprint density at radius 1 is 1.09 bits per heavy atom. The minimum atomic E-state index is -5.21. The highest BCUT2D eigenvalue weighted by Crippen LogP contribution is 2.36. The zero-order valence-electron chi connectivity index (χ0n) is 15.5. The van der Waals surface area contributed by atoms with Crippen molar-refractivity contribution < 1.29 is 30.8 Å². The molecule has 1 N–H and O–H groups in total. The molecule has 32 heavy (non-hydrogen) atoms. The van der Waals surface area contributed by atoms with Gasteiger partial charge in [0.05, 0.1) is 10.7 Å². The van der Waals surface area contributed by atoms with Crippen LogP contribution in [0.25, 0.3) is 5.69 Å². The first-order chi connectivity index (χ1) is 14.7. The smallest absolute Gasteiger partial charge is 0.266 e. The summed E-state index contributed by atoms with van der Waals surface area (Å²) in [5.41, 5.74) is -3.20. The van der Waals surface area contributed by atoms with E-state index in [9.17, 15) is 30.8 Å². The van der Waals surface area contributed by atoms with Gasteiger partial charge in [-0.3, -0.25) is 4.79 Å². The van der Waals surface area contributed by atoms with Crippen molar-refractivity contribution in [2.24, 2.45) is 0 Å². The van der Waals surface area contributed by atoms with E-state index in [1.807, 2.05) is 0 Å². The summed E-state index contributed by atoms with van der Waals surface area (Å²) >= 11 is 17.5. The number of aryl methyl sites for hydroxylation is 1. The Kier molecular flexibility index (Phi) is 6.44. The van der Waals surface area contributed by atoms with E-state index in [1.165, 1.54) is 17.7 Å². The molecule has 1 heterocycles. The van der Waals surface area contributed by atoms with E-state index < -0.39 is 44.2 Å². The fraction of sp³-hybridized carbons (Fsp3) is 0.118. The average molecular weight is 532 g/mol. The highest BCUT2D eigenvalue weighted by molar-refractivity contribution is 7.90. The summed E-state index contributed by atoms with van der Waals surface area (Å²) in [6, 6.07) is 4.90. The van der Waals surface area contributed by atoms with Gasteiger partial charge in [-0.15, -0.1) is 5.10 Å². The van der Waals surface area contributed by atoms with Crippen molar-refractivity contribution >= 4 is 50.7 Å². The SMILES string of the molecule is Cc1cc(Cl)cc(Cl)c1-n1nnc(C(=O)NS(=O)(=O)c2cc(Cl)ccc2F)c1C(F)(F)F. The van der Waals surface area contributed by atoms with Crippen LogP contribution in [0.15, 0.2) is 35.2 Å². The summed E-state index contributed by atoms with van der Waals surface area (Å²) in [4.78, 5) is 11.4. The van der Waals surface area contributed by atoms with Gasteiger partial charge >= 0.3 is 6.18 Å². The molecule has 0 aliphatic rings. The highest BCUT2D eigenvalue weighted by atomic mass is 35.5. The van der Waals surface area contributed by atoms with Crippen LogP contribution in [0, 0.1) is 12.7 Å². The van der Waals surface area contributed by atoms with Crippen molar-refractivity contribution in [1.29, 1.82) is 0 Å². The quantitative estimate of drug-likeness (QED) is 0.488. The van der Waals surface area contributed by atoms with E-state index in [2.05, 4.69) is 10.3 Å². The van der Waals surface area contributed by atoms with Crippen molar-refractivity contribution in [3.63, 3.8) is 0 Å². The first kappa shape index (κ1) is 24.2. The molecule has 7 nitrogen and oxygen atoms in total. The summed E-state index contributed by atoms with van der Waals surface area (Å²) < 4.78 is 81.7. The third kappa shape index (κ3) is 4.68. The van der Waals surface area contributed by atoms with Crippen LogP contribution in [0.3, 0.4) is 0 Å². The van der Waals surface area contributed by atoms with Crippen molar-refractivity contribution in [2.75, 3.05) is 0 Å². The molecule has 0 unspecified atom stereocenters. The maximum Gasteiger partial charge on any atom is 0.435 e. The van der Waals surface area contributed by atoms with E-state index in [0.29, 0.717) is 12.1 Å². The van der Waals surface area contributed by atoms with Gasteiger partial charge < -0.3 is 0 Å². The van der Waals surface area contributed by atoms with E-state index >= 15 is 0 Å². The van der Waals surface area contributed by atoms with Crippen LogP contribution >= 0.6 is 34.8 Å². The molecule has 0 bridgehead atoms. The van der Waals surface area contributed by atoms with E-state index in [-0.39, 0.29) is 31.0 Å². The normalized spacial score (nSPS) is 12.1. The van der Waals surface area contributed by atoms with Crippen molar-refractivity contribution in [2.45, 2.75) is 18.0 Å². The van der Waals surface area contributed by atoms with Crippen molar-refractivity contribution in [3.05, 3.63) is 68.2 Å². The fourth-order valence-corrected chi connectivity index (χ4v) is 4.69. The van der Waals surface area contributed by atoms with E-state index in [4.69, 9.17) is 34.8 Å². The summed E-state index contributed by atoms with van der Waals surface area (Å²) in [5, 5.41) is 6.23. The third-order valence-electron chi connectivity index (χ3n) is 3.99. The lowest BCUT2D eigenvalue weighted by molar-refractivity contribution is -0.143. The van der Waals surface area contributed by atoms with Crippen LogP contribution in [-0.2, 0) is 16.2 Å². The molecular formula is C17H9Cl3F4N4O3S. The number of benzene rings is 2. The monoisotopic (exact) mass is 530 g/mol. The number of hydrogen-bond acceptors (Lipinski definition) is 5. The van der Waals surface area contributed by atoms with E-state index in [1.54, 1.807) is 0 Å². The van der Waals surface area contributed by atoms with Gasteiger partial charge in [0, 0.05) is 10.0 Å². The lowest BCUT2D eigenvalue weighted by Gasteiger charge is -2.14. The Morgan fingerprint density at radius 2 is 1.75 bits per heavy atom. The Hall–Kier alpha value is -2.41.